The summed E-state index contributed by atoms with van der Waals surface area (Å²) in [5.41, 5.74) is 0.884. The van der Waals surface area contributed by atoms with E-state index in [0.29, 0.717) is 6.61 Å². The molecule has 0 aliphatic rings. The third-order valence-corrected chi connectivity index (χ3v) is 1.99. The summed E-state index contributed by atoms with van der Waals surface area (Å²) in [5, 5.41) is 9.27. The molecule has 1 aromatic carbocycles. The zero-order valence-corrected chi connectivity index (χ0v) is 9.62. The number of benzene rings is 1. The lowest BCUT2D eigenvalue weighted by Gasteiger charge is -2.07. The fourth-order valence-corrected chi connectivity index (χ4v) is 1.12. The average molecular weight is 257 g/mol. The highest BCUT2D eigenvalue weighted by Gasteiger charge is 2.00. The number of aliphatic hydroxyl groups excluding tert-OH is 1. The fourth-order valence-electron chi connectivity index (χ4n) is 1.00. The Morgan fingerprint density at radius 1 is 1.50 bits per heavy atom. The van der Waals surface area contributed by atoms with Crippen LogP contribution < -0.4 is 4.74 Å². The summed E-state index contributed by atoms with van der Waals surface area (Å²) in [7, 11) is 0. The number of rotatable bonds is 4. The molecule has 0 amide bonds. The molecule has 2 nitrogen and oxygen atoms in total. The molecule has 1 atom stereocenters. The standard InChI is InChI=1S/C11H13BrO2/c1-8(12)7-14-11-5-3-10(4-6-11)9(2)13/h3-6,9,13H,1,7H2,2H3/t9-/m1/s1. The van der Waals surface area contributed by atoms with E-state index < -0.39 is 6.10 Å². The Balaban J connectivity index is 2.59. The molecular weight excluding hydrogens is 244 g/mol. The summed E-state index contributed by atoms with van der Waals surface area (Å²) < 4.78 is 6.18. The highest BCUT2D eigenvalue weighted by molar-refractivity contribution is 9.11. The van der Waals surface area contributed by atoms with Crippen LogP contribution in [0.1, 0.15) is 18.6 Å². The molecule has 0 bridgehead atoms. The molecule has 0 unspecified atom stereocenters. The third-order valence-electron chi connectivity index (χ3n) is 1.76. The summed E-state index contributed by atoms with van der Waals surface area (Å²) in [5.74, 6) is 0.773. The van der Waals surface area contributed by atoms with Crippen molar-refractivity contribution in [3.63, 3.8) is 0 Å². The Bertz CT molecular complexity index is 304. The number of aliphatic hydroxyl groups is 1. The second-order valence-electron chi connectivity index (χ2n) is 3.05. The summed E-state index contributed by atoms with van der Waals surface area (Å²) in [4.78, 5) is 0. The van der Waals surface area contributed by atoms with Crippen molar-refractivity contribution in [3.8, 4) is 5.75 Å². The zero-order chi connectivity index (χ0) is 10.6. The smallest absolute Gasteiger partial charge is 0.119 e. The molecule has 1 aromatic rings. The first kappa shape index (κ1) is 11.3. The van der Waals surface area contributed by atoms with E-state index in [4.69, 9.17) is 4.74 Å². The molecule has 1 N–H and O–H groups in total. The van der Waals surface area contributed by atoms with Crippen LogP contribution in [0.4, 0.5) is 0 Å². The summed E-state index contributed by atoms with van der Waals surface area (Å²) >= 11 is 3.21. The SMILES string of the molecule is C=C(Br)COc1ccc([C@@H](C)O)cc1. The van der Waals surface area contributed by atoms with Crippen molar-refractivity contribution in [2.75, 3.05) is 6.61 Å². The number of hydrogen-bond acceptors (Lipinski definition) is 2. The summed E-state index contributed by atoms with van der Waals surface area (Å²) in [6, 6.07) is 7.35. The minimum atomic E-state index is -0.435. The Hall–Kier alpha value is -0.800. The Morgan fingerprint density at radius 2 is 2.07 bits per heavy atom. The third kappa shape index (κ3) is 3.52. The summed E-state index contributed by atoms with van der Waals surface area (Å²) in [6.45, 7) is 5.85. The van der Waals surface area contributed by atoms with Crippen LogP contribution in [0, 0.1) is 0 Å². The Kier molecular flexibility index (Phi) is 4.17. The Labute approximate surface area is 92.3 Å². The number of ether oxygens (including phenoxy) is 1. The predicted octanol–water partition coefficient (Wildman–Crippen LogP) is 3.03. The molecule has 14 heavy (non-hydrogen) atoms. The maximum atomic E-state index is 9.27. The van der Waals surface area contributed by atoms with Crippen molar-refractivity contribution in [2.45, 2.75) is 13.0 Å². The molecule has 1 rings (SSSR count). The molecule has 76 valence electrons. The Morgan fingerprint density at radius 3 is 2.50 bits per heavy atom. The van der Waals surface area contributed by atoms with Crippen LogP contribution in [-0.4, -0.2) is 11.7 Å². The van der Waals surface area contributed by atoms with Gasteiger partial charge in [0.1, 0.15) is 12.4 Å². The van der Waals surface area contributed by atoms with Gasteiger partial charge in [0.2, 0.25) is 0 Å². The normalized spacial score (nSPS) is 12.2. The molecule has 0 heterocycles. The van der Waals surface area contributed by atoms with Crippen LogP contribution in [-0.2, 0) is 0 Å². The second-order valence-corrected chi connectivity index (χ2v) is 4.17. The van der Waals surface area contributed by atoms with Crippen molar-refractivity contribution in [2.24, 2.45) is 0 Å². The highest BCUT2D eigenvalue weighted by Crippen LogP contribution is 2.17. The molecule has 0 saturated heterocycles. The van der Waals surface area contributed by atoms with Gasteiger partial charge in [-0.05, 0) is 24.6 Å². The van der Waals surface area contributed by atoms with E-state index in [1.54, 1.807) is 6.92 Å². The monoisotopic (exact) mass is 256 g/mol. The maximum absolute atomic E-state index is 9.27. The number of halogens is 1. The van der Waals surface area contributed by atoms with Gasteiger partial charge >= 0.3 is 0 Å². The first-order valence-electron chi connectivity index (χ1n) is 4.33. The first-order chi connectivity index (χ1) is 6.59. The molecule has 0 fully saturated rings. The van der Waals surface area contributed by atoms with Gasteiger partial charge in [0, 0.05) is 4.48 Å². The maximum Gasteiger partial charge on any atom is 0.119 e. The average Bonchev–Trinajstić information content (AvgIpc) is 2.15. The largest absolute Gasteiger partial charge is 0.488 e. The van der Waals surface area contributed by atoms with Crippen LogP contribution in [0.25, 0.3) is 0 Å². The minimum Gasteiger partial charge on any atom is -0.488 e. The van der Waals surface area contributed by atoms with Crippen LogP contribution in [0.5, 0.6) is 5.75 Å². The molecule has 0 saturated carbocycles. The van der Waals surface area contributed by atoms with Crippen molar-refractivity contribution >= 4 is 15.9 Å². The molecule has 3 heteroatoms. The minimum absolute atomic E-state index is 0.435. The van der Waals surface area contributed by atoms with Gasteiger partial charge in [-0.2, -0.15) is 0 Å². The quantitative estimate of drug-likeness (QED) is 0.898. The molecule has 0 radical (unpaired) electrons. The second kappa shape index (κ2) is 5.17. The first-order valence-corrected chi connectivity index (χ1v) is 5.13. The van der Waals surface area contributed by atoms with Gasteiger partial charge in [0.15, 0.2) is 0 Å². The molecule has 0 aliphatic carbocycles. The van der Waals surface area contributed by atoms with Gasteiger partial charge in [-0.25, -0.2) is 0 Å². The predicted molar refractivity (Wildman–Crippen MR) is 60.6 cm³/mol. The van der Waals surface area contributed by atoms with Gasteiger partial charge < -0.3 is 9.84 Å². The molecule has 0 aromatic heterocycles. The van der Waals surface area contributed by atoms with Gasteiger partial charge in [-0.1, -0.05) is 34.6 Å². The molecular formula is C11H13BrO2. The van der Waals surface area contributed by atoms with Gasteiger partial charge in [-0.15, -0.1) is 0 Å². The van der Waals surface area contributed by atoms with E-state index in [1.807, 2.05) is 24.3 Å². The van der Waals surface area contributed by atoms with E-state index in [2.05, 4.69) is 22.5 Å². The lowest BCUT2D eigenvalue weighted by atomic mass is 10.1. The van der Waals surface area contributed by atoms with Gasteiger partial charge in [0.25, 0.3) is 0 Å². The van der Waals surface area contributed by atoms with E-state index >= 15 is 0 Å². The lowest BCUT2D eigenvalue weighted by Crippen LogP contribution is -1.96. The molecule has 0 aliphatic heterocycles. The van der Waals surface area contributed by atoms with E-state index in [9.17, 15) is 5.11 Å². The van der Waals surface area contributed by atoms with Gasteiger partial charge in [0.05, 0.1) is 6.10 Å². The van der Waals surface area contributed by atoms with Crippen LogP contribution in [0.15, 0.2) is 35.3 Å². The van der Waals surface area contributed by atoms with Crippen molar-refractivity contribution in [3.05, 3.63) is 40.9 Å². The number of hydrogen-bond donors (Lipinski definition) is 1. The van der Waals surface area contributed by atoms with E-state index in [0.717, 1.165) is 15.8 Å². The van der Waals surface area contributed by atoms with E-state index in [-0.39, 0.29) is 0 Å². The van der Waals surface area contributed by atoms with Crippen LogP contribution >= 0.6 is 15.9 Å². The van der Waals surface area contributed by atoms with Crippen molar-refractivity contribution < 1.29 is 9.84 Å². The van der Waals surface area contributed by atoms with E-state index in [1.165, 1.54) is 0 Å². The fraction of sp³-hybridized carbons (Fsp3) is 0.273. The van der Waals surface area contributed by atoms with Gasteiger partial charge in [-0.3, -0.25) is 0 Å². The van der Waals surface area contributed by atoms with Crippen LogP contribution in [0.2, 0.25) is 0 Å². The van der Waals surface area contributed by atoms with Crippen molar-refractivity contribution in [1.29, 1.82) is 0 Å². The summed E-state index contributed by atoms with van der Waals surface area (Å²) in [6.07, 6.45) is -0.435. The highest BCUT2D eigenvalue weighted by atomic mass is 79.9. The zero-order valence-electron chi connectivity index (χ0n) is 8.03. The topological polar surface area (TPSA) is 29.5 Å². The lowest BCUT2D eigenvalue weighted by molar-refractivity contribution is 0.199. The van der Waals surface area contributed by atoms with Crippen molar-refractivity contribution in [1.82, 2.24) is 0 Å². The molecule has 0 spiro atoms. The van der Waals surface area contributed by atoms with Crippen LogP contribution in [0.3, 0.4) is 0 Å².